The Morgan fingerprint density at radius 1 is 1.29 bits per heavy atom. The molecule has 0 radical (unpaired) electrons. The Labute approximate surface area is 98.6 Å². The van der Waals surface area contributed by atoms with Crippen molar-refractivity contribution in [2.45, 2.75) is 39.7 Å². The molecule has 17 heavy (non-hydrogen) atoms. The van der Waals surface area contributed by atoms with Crippen molar-refractivity contribution in [1.82, 2.24) is 10.6 Å². The summed E-state index contributed by atoms with van der Waals surface area (Å²) in [6, 6.07) is -1.41. The van der Waals surface area contributed by atoms with Crippen LogP contribution in [0.25, 0.3) is 0 Å². The van der Waals surface area contributed by atoms with Gasteiger partial charge in [-0.1, -0.05) is 20.8 Å². The van der Waals surface area contributed by atoms with Gasteiger partial charge in [0, 0.05) is 6.04 Å². The molecule has 0 aliphatic heterocycles. The predicted octanol–water partition coefficient (Wildman–Crippen LogP) is 1.44. The Balaban J connectivity index is 4.34. The van der Waals surface area contributed by atoms with Crippen molar-refractivity contribution in [2.75, 3.05) is 6.54 Å². The molecule has 0 fully saturated rings. The monoisotopic (exact) mass is 252 g/mol. The molecule has 0 aliphatic carbocycles. The average molecular weight is 252 g/mol. The first-order valence-corrected chi connectivity index (χ1v) is 5.17. The minimum atomic E-state index is -2.63. The summed E-state index contributed by atoms with van der Waals surface area (Å²) >= 11 is 0. The maximum atomic E-state index is 11.8. The van der Waals surface area contributed by atoms with Gasteiger partial charge in [0.2, 0.25) is 0 Å². The molecule has 0 aromatic rings. The molecule has 0 bridgehead atoms. The molecule has 0 saturated carbocycles. The number of rotatable bonds is 5. The number of urea groups is 1. The van der Waals surface area contributed by atoms with Crippen LogP contribution in [0.2, 0.25) is 0 Å². The number of alkyl halides is 2. The largest absolute Gasteiger partial charge is 0.481 e. The number of amides is 2. The maximum Gasteiger partial charge on any atom is 0.315 e. The van der Waals surface area contributed by atoms with Gasteiger partial charge in [-0.15, -0.1) is 0 Å². The summed E-state index contributed by atoms with van der Waals surface area (Å²) in [7, 11) is 0. The fourth-order valence-electron chi connectivity index (χ4n) is 1.13. The van der Waals surface area contributed by atoms with Gasteiger partial charge in [-0.25, -0.2) is 13.6 Å². The molecule has 0 aliphatic rings. The summed E-state index contributed by atoms with van der Waals surface area (Å²) in [6.45, 7) is 4.52. The van der Waals surface area contributed by atoms with E-state index in [2.05, 4.69) is 5.32 Å². The Bertz CT molecular complexity index is 277. The van der Waals surface area contributed by atoms with Crippen LogP contribution < -0.4 is 10.6 Å². The van der Waals surface area contributed by atoms with Crippen LogP contribution in [0.4, 0.5) is 13.6 Å². The topological polar surface area (TPSA) is 78.4 Å². The summed E-state index contributed by atoms with van der Waals surface area (Å²) in [5.41, 5.74) is -0.472. The smallest absolute Gasteiger partial charge is 0.315 e. The zero-order chi connectivity index (χ0) is 13.6. The molecular formula is C10H18F2N2O3. The molecule has 0 spiro atoms. The lowest BCUT2D eigenvalue weighted by atomic mass is 9.85. The van der Waals surface area contributed by atoms with Crippen LogP contribution in [0.15, 0.2) is 0 Å². The first-order chi connectivity index (χ1) is 7.62. The van der Waals surface area contributed by atoms with Crippen LogP contribution in [-0.2, 0) is 4.79 Å². The third-order valence-corrected chi connectivity index (χ3v) is 2.15. The fourth-order valence-corrected chi connectivity index (χ4v) is 1.13. The van der Waals surface area contributed by atoms with Crippen LogP contribution in [0.1, 0.15) is 27.2 Å². The lowest BCUT2D eigenvalue weighted by molar-refractivity contribution is -0.138. The molecule has 0 aromatic heterocycles. The zero-order valence-electron chi connectivity index (χ0n) is 10.1. The minimum absolute atomic E-state index is 0.258. The number of halogens is 2. The molecule has 1 atom stereocenters. The van der Waals surface area contributed by atoms with Gasteiger partial charge in [0.25, 0.3) is 6.43 Å². The first kappa shape index (κ1) is 15.6. The van der Waals surface area contributed by atoms with E-state index in [9.17, 15) is 18.4 Å². The number of nitrogens with one attached hydrogen (secondary N) is 2. The number of aliphatic carboxylic acids is 1. The highest BCUT2D eigenvalue weighted by Gasteiger charge is 2.28. The van der Waals surface area contributed by atoms with Crippen LogP contribution >= 0.6 is 0 Å². The highest BCUT2D eigenvalue weighted by molar-refractivity contribution is 5.75. The van der Waals surface area contributed by atoms with Crippen molar-refractivity contribution >= 4 is 12.0 Å². The molecule has 5 nitrogen and oxygen atoms in total. The third-order valence-electron chi connectivity index (χ3n) is 2.15. The average Bonchev–Trinajstić information content (AvgIpc) is 2.11. The van der Waals surface area contributed by atoms with Gasteiger partial charge in [0.1, 0.15) is 0 Å². The van der Waals surface area contributed by atoms with E-state index in [4.69, 9.17) is 5.11 Å². The van der Waals surface area contributed by atoms with E-state index in [0.29, 0.717) is 0 Å². The van der Waals surface area contributed by atoms with E-state index < -0.39 is 36.4 Å². The lowest BCUT2D eigenvalue weighted by Crippen LogP contribution is -2.49. The zero-order valence-corrected chi connectivity index (χ0v) is 10.1. The Morgan fingerprint density at radius 3 is 2.18 bits per heavy atom. The van der Waals surface area contributed by atoms with Crippen molar-refractivity contribution in [2.24, 2.45) is 5.41 Å². The van der Waals surface area contributed by atoms with Gasteiger partial charge >= 0.3 is 12.0 Å². The van der Waals surface area contributed by atoms with Crippen molar-refractivity contribution < 1.29 is 23.5 Å². The van der Waals surface area contributed by atoms with Crippen molar-refractivity contribution in [3.05, 3.63) is 0 Å². The molecule has 0 aromatic carbocycles. The first-order valence-electron chi connectivity index (χ1n) is 5.17. The summed E-state index contributed by atoms with van der Waals surface area (Å²) in [5.74, 6) is -1.06. The van der Waals surface area contributed by atoms with Crippen LogP contribution in [0, 0.1) is 5.41 Å². The number of carboxylic acid groups (broad SMARTS) is 1. The second-order valence-electron chi connectivity index (χ2n) is 4.76. The standard InChI is InChI=1S/C10H18F2N2O3/c1-10(2,3)6(4-8(15)16)14-9(17)13-5-7(11)12/h6-7H,4-5H2,1-3H3,(H,15,16)(H2,13,14,17). The van der Waals surface area contributed by atoms with Crippen LogP contribution in [0.3, 0.4) is 0 Å². The minimum Gasteiger partial charge on any atom is -0.481 e. The molecule has 2 amide bonds. The van der Waals surface area contributed by atoms with Crippen molar-refractivity contribution in [3.8, 4) is 0 Å². The summed E-state index contributed by atoms with van der Waals surface area (Å²) < 4.78 is 23.7. The third kappa shape index (κ3) is 7.48. The fraction of sp³-hybridized carbons (Fsp3) is 0.800. The summed E-state index contributed by atoms with van der Waals surface area (Å²) in [6.07, 6.45) is -2.89. The lowest BCUT2D eigenvalue weighted by Gasteiger charge is -2.30. The van der Waals surface area contributed by atoms with Gasteiger partial charge in [-0.2, -0.15) is 0 Å². The quantitative estimate of drug-likeness (QED) is 0.692. The predicted molar refractivity (Wildman–Crippen MR) is 58.0 cm³/mol. The van der Waals surface area contributed by atoms with Crippen LogP contribution in [0.5, 0.6) is 0 Å². The Hall–Kier alpha value is -1.40. The molecule has 7 heteroatoms. The molecule has 0 heterocycles. The molecule has 1 unspecified atom stereocenters. The molecular weight excluding hydrogens is 234 g/mol. The number of hydrogen-bond donors (Lipinski definition) is 3. The highest BCUT2D eigenvalue weighted by atomic mass is 19.3. The van der Waals surface area contributed by atoms with E-state index in [0.717, 1.165) is 0 Å². The van der Waals surface area contributed by atoms with E-state index >= 15 is 0 Å². The highest BCUT2D eigenvalue weighted by Crippen LogP contribution is 2.21. The van der Waals surface area contributed by atoms with Gasteiger partial charge < -0.3 is 15.7 Å². The van der Waals surface area contributed by atoms with Gasteiger partial charge in [-0.3, -0.25) is 4.79 Å². The SMILES string of the molecule is CC(C)(C)C(CC(=O)O)NC(=O)NCC(F)F. The van der Waals surface area contributed by atoms with Gasteiger partial charge in [0.05, 0.1) is 13.0 Å². The summed E-state index contributed by atoms with van der Waals surface area (Å²) in [5, 5.41) is 13.0. The Morgan fingerprint density at radius 2 is 1.82 bits per heavy atom. The molecule has 100 valence electrons. The molecule has 0 saturated heterocycles. The van der Waals surface area contributed by atoms with E-state index in [-0.39, 0.29) is 6.42 Å². The normalized spacial score (nSPS) is 13.3. The summed E-state index contributed by atoms with van der Waals surface area (Å²) in [4.78, 5) is 21.8. The Kier molecular flexibility index (Phi) is 5.84. The van der Waals surface area contributed by atoms with Crippen molar-refractivity contribution in [3.63, 3.8) is 0 Å². The number of hydrogen-bond acceptors (Lipinski definition) is 2. The van der Waals surface area contributed by atoms with E-state index in [1.54, 1.807) is 20.8 Å². The van der Waals surface area contributed by atoms with Gasteiger partial charge in [-0.05, 0) is 5.41 Å². The maximum absolute atomic E-state index is 11.8. The van der Waals surface area contributed by atoms with Gasteiger partial charge in [0.15, 0.2) is 0 Å². The second-order valence-corrected chi connectivity index (χ2v) is 4.76. The van der Waals surface area contributed by atoms with Crippen LogP contribution in [-0.4, -0.2) is 36.1 Å². The molecule has 3 N–H and O–H groups in total. The van der Waals surface area contributed by atoms with E-state index in [1.165, 1.54) is 0 Å². The van der Waals surface area contributed by atoms with E-state index in [1.807, 2.05) is 5.32 Å². The number of carboxylic acids is 1. The number of carbonyl (C=O) groups excluding carboxylic acids is 1. The second kappa shape index (κ2) is 6.36. The van der Waals surface area contributed by atoms with Crippen molar-refractivity contribution in [1.29, 1.82) is 0 Å². The molecule has 0 rings (SSSR count). The number of carbonyl (C=O) groups is 2.